The molecule has 0 amide bonds. The van der Waals surface area contributed by atoms with Gasteiger partial charge < -0.3 is 10.1 Å². The minimum Gasteiger partial charge on any atom is -0.465 e. The van der Waals surface area contributed by atoms with Gasteiger partial charge in [0.1, 0.15) is 0 Å². The van der Waals surface area contributed by atoms with Crippen LogP contribution in [0.2, 0.25) is 0 Å². The van der Waals surface area contributed by atoms with E-state index in [0.29, 0.717) is 29.3 Å². The third-order valence-electron chi connectivity index (χ3n) is 13.3. The van der Waals surface area contributed by atoms with Crippen molar-refractivity contribution in [1.82, 2.24) is 5.32 Å². The average Bonchev–Trinajstić information content (AvgIpc) is 2.90. The van der Waals surface area contributed by atoms with E-state index in [9.17, 15) is 4.79 Å². The highest BCUT2D eigenvalue weighted by Crippen LogP contribution is 2.74. The first kappa shape index (κ1) is 25.8. The van der Waals surface area contributed by atoms with Gasteiger partial charge in [0.2, 0.25) is 0 Å². The van der Waals surface area contributed by atoms with Crippen molar-refractivity contribution in [2.75, 3.05) is 13.2 Å². The van der Waals surface area contributed by atoms with E-state index >= 15 is 0 Å². The highest BCUT2D eigenvalue weighted by Gasteiger charge is 2.67. The van der Waals surface area contributed by atoms with Crippen LogP contribution in [0, 0.1) is 51.2 Å². The Morgan fingerprint density at radius 3 is 2.46 bits per heavy atom. The number of fused-ring (bicyclic) bond motifs is 7. The van der Waals surface area contributed by atoms with E-state index in [1.807, 2.05) is 0 Å². The van der Waals surface area contributed by atoms with Crippen LogP contribution in [0.1, 0.15) is 113 Å². The molecule has 1 aliphatic heterocycles. The number of hydrogen-bond donors (Lipinski definition) is 1. The van der Waals surface area contributed by atoms with Gasteiger partial charge in [-0.25, -0.2) is 0 Å². The summed E-state index contributed by atoms with van der Waals surface area (Å²) in [4.78, 5) is 11.9. The van der Waals surface area contributed by atoms with Gasteiger partial charge in [0.05, 0.1) is 6.61 Å². The van der Waals surface area contributed by atoms with Crippen LogP contribution in [0.25, 0.3) is 0 Å². The summed E-state index contributed by atoms with van der Waals surface area (Å²) in [6.45, 7) is 21.3. The van der Waals surface area contributed by atoms with Gasteiger partial charge in [-0.15, -0.1) is 0 Å². The molecular formula is C32H53NO2. The molecule has 4 aliphatic carbocycles. The van der Waals surface area contributed by atoms with E-state index in [0.717, 1.165) is 24.3 Å². The molecule has 1 N–H and O–H groups in total. The predicted molar refractivity (Wildman–Crippen MR) is 144 cm³/mol. The van der Waals surface area contributed by atoms with E-state index in [4.69, 9.17) is 4.74 Å². The van der Waals surface area contributed by atoms with Crippen molar-refractivity contribution in [1.29, 1.82) is 0 Å². The van der Waals surface area contributed by atoms with Crippen LogP contribution < -0.4 is 5.32 Å². The van der Waals surface area contributed by atoms with E-state index in [1.165, 1.54) is 57.8 Å². The molecule has 9 atom stereocenters. The number of carbonyl (C=O) groups excluding carboxylic acids is 1. The van der Waals surface area contributed by atoms with Crippen LogP contribution in [0.4, 0.5) is 0 Å². The average molecular weight is 484 g/mol. The maximum Gasteiger partial charge on any atom is 0.302 e. The molecule has 0 bridgehead atoms. The summed E-state index contributed by atoms with van der Waals surface area (Å²) in [7, 11) is 0. The molecule has 198 valence electrons. The van der Waals surface area contributed by atoms with E-state index in [1.54, 1.807) is 12.5 Å². The minimum absolute atomic E-state index is 0.113. The molecule has 0 unspecified atom stereocenters. The Bertz CT molecular complexity index is 892. The summed E-state index contributed by atoms with van der Waals surface area (Å²) < 4.78 is 5.82. The predicted octanol–water partition coefficient (Wildman–Crippen LogP) is 7.55. The number of rotatable bonds is 2. The maximum atomic E-state index is 11.9. The second-order valence-corrected chi connectivity index (χ2v) is 15.0. The van der Waals surface area contributed by atoms with E-state index < -0.39 is 0 Å². The third-order valence-corrected chi connectivity index (χ3v) is 13.3. The third kappa shape index (κ3) is 3.56. The van der Waals surface area contributed by atoms with Crippen molar-refractivity contribution in [3.63, 3.8) is 0 Å². The summed E-state index contributed by atoms with van der Waals surface area (Å²) in [6, 6.07) is 0. The van der Waals surface area contributed by atoms with Crippen molar-refractivity contribution in [3.8, 4) is 0 Å². The van der Waals surface area contributed by atoms with Gasteiger partial charge >= 0.3 is 5.97 Å². The molecule has 3 saturated carbocycles. The molecule has 1 heterocycles. The van der Waals surface area contributed by atoms with Crippen LogP contribution in [0.3, 0.4) is 0 Å². The lowest BCUT2D eigenvalue weighted by Crippen LogP contribution is -2.64. The molecule has 0 aromatic carbocycles. The fourth-order valence-electron chi connectivity index (χ4n) is 11.0. The summed E-state index contributed by atoms with van der Waals surface area (Å²) >= 11 is 0. The van der Waals surface area contributed by atoms with E-state index in [2.05, 4.69) is 59.9 Å². The van der Waals surface area contributed by atoms with Gasteiger partial charge in [-0.1, -0.05) is 46.3 Å². The van der Waals surface area contributed by atoms with Crippen LogP contribution in [-0.2, 0) is 9.53 Å². The first-order chi connectivity index (χ1) is 16.3. The zero-order valence-corrected chi connectivity index (χ0v) is 24.1. The van der Waals surface area contributed by atoms with Gasteiger partial charge in [0, 0.05) is 17.9 Å². The van der Waals surface area contributed by atoms with Gasteiger partial charge in [-0.2, -0.15) is 0 Å². The Kier molecular flexibility index (Phi) is 6.15. The van der Waals surface area contributed by atoms with Gasteiger partial charge in [0.15, 0.2) is 0 Å². The zero-order valence-electron chi connectivity index (χ0n) is 24.1. The van der Waals surface area contributed by atoms with E-state index in [-0.39, 0.29) is 22.3 Å². The summed E-state index contributed by atoms with van der Waals surface area (Å²) in [5, 5.41) is 3.94. The number of hydrogen-bond acceptors (Lipinski definition) is 3. The first-order valence-corrected chi connectivity index (χ1v) is 14.9. The largest absolute Gasteiger partial charge is 0.465 e. The number of esters is 1. The van der Waals surface area contributed by atoms with Gasteiger partial charge in [-0.3, -0.25) is 4.79 Å². The highest BCUT2D eigenvalue weighted by atomic mass is 16.5. The topological polar surface area (TPSA) is 38.3 Å². The normalized spacial score (nSPS) is 51.0. The summed E-state index contributed by atoms with van der Waals surface area (Å²) in [6.07, 6.45) is 14.3. The van der Waals surface area contributed by atoms with Crippen molar-refractivity contribution < 1.29 is 9.53 Å². The van der Waals surface area contributed by atoms with Crippen molar-refractivity contribution in [3.05, 3.63) is 11.6 Å². The van der Waals surface area contributed by atoms with Crippen molar-refractivity contribution in [2.45, 2.75) is 119 Å². The Morgan fingerprint density at radius 1 is 1.00 bits per heavy atom. The quantitative estimate of drug-likeness (QED) is 0.325. The monoisotopic (exact) mass is 483 g/mol. The lowest BCUT2D eigenvalue weighted by atomic mass is 9.35. The van der Waals surface area contributed by atoms with Gasteiger partial charge in [-0.05, 0) is 124 Å². The fourth-order valence-corrected chi connectivity index (χ4v) is 11.0. The minimum atomic E-state index is -0.113. The molecule has 0 spiro atoms. The summed E-state index contributed by atoms with van der Waals surface area (Å²) in [5.74, 6) is 3.32. The molecule has 1 saturated heterocycles. The number of carbonyl (C=O) groups is 1. The van der Waals surface area contributed by atoms with Crippen LogP contribution in [0.5, 0.6) is 0 Å². The Hall–Kier alpha value is -0.830. The lowest BCUT2D eigenvalue weighted by Gasteiger charge is -2.70. The Morgan fingerprint density at radius 2 is 1.74 bits per heavy atom. The van der Waals surface area contributed by atoms with Crippen LogP contribution >= 0.6 is 0 Å². The molecule has 4 fully saturated rings. The Labute approximate surface area is 215 Å². The first-order valence-electron chi connectivity index (χ1n) is 14.9. The SMILES string of the molecule is CC(=O)OC[C@]12CC[C@@H](C)[C@H](C)[C@H]1C1=CC[C@@H]3[C@@]4(C)CCCNC(C)(C)[C@@H]4CC[C@@]3(C)[C@]1(C)CC2. The molecule has 0 aromatic heterocycles. The zero-order chi connectivity index (χ0) is 25.4. The Balaban J connectivity index is 1.58. The second kappa shape index (κ2) is 8.34. The molecule has 5 rings (SSSR count). The van der Waals surface area contributed by atoms with Crippen molar-refractivity contribution in [2.24, 2.45) is 51.2 Å². The highest BCUT2D eigenvalue weighted by molar-refractivity contribution is 5.66. The standard InChI is InChI=1S/C32H53NO2/c1-21-12-16-32(20-35-23(3)34)18-17-30(7)24(27(32)22(21)2)10-11-26-29(6)14-9-19-33-28(4,5)25(29)13-15-31(26,30)8/h10,21-22,25-27,33H,9,11-20H2,1-8H3/t21-,22+,25+,26-,27+,29+,30-,31-,32-/m1/s1. The molecule has 35 heavy (non-hydrogen) atoms. The number of ether oxygens (including phenoxy) is 1. The van der Waals surface area contributed by atoms with Gasteiger partial charge in [0.25, 0.3) is 0 Å². The smallest absolute Gasteiger partial charge is 0.302 e. The van der Waals surface area contributed by atoms with Crippen molar-refractivity contribution >= 4 is 5.97 Å². The molecule has 5 aliphatic rings. The van der Waals surface area contributed by atoms with Crippen LogP contribution in [0.15, 0.2) is 11.6 Å². The molecule has 3 heteroatoms. The lowest BCUT2D eigenvalue weighted by molar-refractivity contribution is -0.171. The number of allylic oxidation sites excluding steroid dienone is 2. The fraction of sp³-hybridized carbons (Fsp3) is 0.906. The number of nitrogens with one attached hydrogen (secondary N) is 1. The molecule has 3 nitrogen and oxygen atoms in total. The molecule has 0 aromatic rings. The summed E-state index contributed by atoms with van der Waals surface area (Å²) in [5.41, 5.74) is 3.11. The molecular weight excluding hydrogens is 430 g/mol. The molecule has 0 radical (unpaired) electrons. The van der Waals surface area contributed by atoms with Crippen LogP contribution in [-0.4, -0.2) is 24.7 Å². The second-order valence-electron chi connectivity index (χ2n) is 15.0. The maximum absolute atomic E-state index is 11.9.